The van der Waals surface area contributed by atoms with Crippen LogP contribution in [-0.2, 0) is 12.8 Å². The molecule has 2 aromatic carbocycles. The number of fused-ring (bicyclic) bond motifs is 3. The maximum Gasteiger partial charge on any atom is 0.191 e. The van der Waals surface area contributed by atoms with Gasteiger partial charge in [-0.2, -0.15) is 4.52 Å². The third kappa shape index (κ3) is 3.29. The molecule has 0 N–H and O–H groups in total. The van der Waals surface area contributed by atoms with Crippen molar-refractivity contribution in [2.75, 3.05) is 7.11 Å². The number of hydrogen-bond acceptors (Lipinski definition) is 6. The van der Waals surface area contributed by atoms with Gasteiger partial charge >= 0.3 is 0 Å². The number of para-hydroxylation sites is 1. The summed E-state index contributed by atoms with van der Waals surface area (Å²) in [5.41, 5.74) is 3.69. The number of hydrogen-bond donors (Lipinski definition) is 0. The van der Waals surface area contributed by atoms with Crippen molar-refractivity contribution in [2.24, 2.45) is 7.05 Å². The second kappa shape index (κ2) is 7.46. The van der Waals surface area contributed by atoms with Gasteiger partial charge in [0.2, 0.25) is 0 Å². The van der Waals surface area contributed by atoms with E-state index in [1.807, 2.05) is 77.8 Å². The van der Waals surface area contributed by atoms with E-state index in [2.05, 4.69) is 10.1 Å². The molecule has 8 heteroatoms. The van der Waals surface area contributed by atoms with Crippen molar-refractivity contribution < 1.29 is 4.74 Å². The number of aryl methyl sites for hydroxylation is 2. The van der Waals surface area contributed by atoms with Crippen LogP contribution < -0.4 is 4.74 Å². The second-order valence-corrected chi connectivity index (χ2v) is 7.92. The van der Waals surface area contributed by atoms with Crippen molar-refractivity contribution >= 4 is 28.3 Å². The van der Waals surface area contributed by atoms with Crippen molar-refractivity contribution in [2.45, 2.75) is 17.8 Å². The van der Waals surface area contributed by atoms with Gasteiger partial charge in [0.15, 0.2) is 10.8 Å². The van der Waals surface area contributed by atoms with Crippen molar-refractivity contribution in [3.63, 3.8) is 0 Å². The molecule has 0 amide bonds. The van der Waals surface area contributed by atoms with Gasteiger partial charge in [0.1, 0.15) is 17.4 Å². The highest BCUT2D eigenvalue weighted by molar-refractivity contribution is 7.98. The van der Waals surface area contributed by atoms with Crippen LogP contribution in [0.25, 0.3) is 27.8 Å². The first-order valence-electron chi connectivity index (χ1n) is 9.54. The van der Waals surface area contributed by atoms with Crippen LogP contribution in [-0.4, -0.2) is 36.2 Å². The molecule has 3 heterocycles. The summed E-state index contributed by atoms with van der Waals surface area (Å²) in [4.78, 5) is 14.3. The lowest BCUT2D eigenvalue weighted by Gasteiger charge is -2.06. The lowest BCUT2D eigenvalue weighted by atomic mass is 10.1. The molecule has 0 saturated carbocycles. The summed E-state index contributed by atoms with van der Waals surface area (Å²) in [5, 5.41) is 6.35. The van der Waals surface area contributed by atoms with E-state index in [9.17, 15) is 0 Å². The molecule has 0 aliphatic rings. The Labute approximate surface area is 177 Å². The normalized spacial score (nSPS) is 11.4. The highest BCUT2D eigenvalue weighted by Gasteiger charge is 2.14. The summed E-state index contributed by atoms with van der Waals surface area (Å²) in [6.45, 7) is 1.90. The first-order chi connectivity index (χ1) is 14.6. The molecule has 3 aromatic heterocycles. The highest BCUT2D eigenvalue weighted by atomic mass is 32.2. The largest absolute Gasteiger partial charge is 0.497 e. The van der Waals surface area contributed by atoms with Crippen LogP contribution in [0, 0.1) is 6.92 Å². The maximum atomic E-state index is 5.33. The Morgan fingerprint density at radius 3 is 2.77 bits per heavy atom. The Morgan fingerprint density at radius 2 is 1.90 bits per heavy atom. The molecular weight excluding hydrogens is 396 g/mol. The molecule has 0 aliphatic heterocycles. The van der Waals surface area contributed by atoms with Crippen LogP contribution >= 0.6 is 11.8 Å². The molecule has 0 bridgehead atoms. The predicted molar refractivity (Wildman–Crippen MR) is 118 cm³/mol. The lowest BCUT2D eigenvalue weighted by Crippen LogP contribution is -2.00. The Kier molecular flexibility index (Phi) is 4.63. The van der Waals surface area contributed by atoms with Crippen LogP contribution in [0.5, 0.6) is 5.75 Å². The molecule has 0 fully saturated rings. The van der Waals surface area contributed by atoms with Crippen LogP contribution in [0.15, 0.2) is 59.9 Å². The van der Waals surface area contributed by atoms with Gasteiger partial charge in [-0.25, -0.2) is 15.0 Å². The average molecular weight is 417 g/mol. The summed E-state index contributed by atoms with van der Waals surface area (Å²) in [6, 6.07) is 15.9. The van der Waals surface area contributed by atoms with E-state index in [-0.39, 0.29) is 0 Å². The second-order valence-electron chi connectivity index (χ2n) is 6.98. The highest BCUT2D eigenvalue weighted by Crippen LogP contribution is 2.28. The third-order valence-electron chi connectivity index (χ3n) is 4.92. The predicted octanol–water partition coefficient (Wildman–Crippen LogP) is 4.29. The molecule has 0 radical (unpaired) electrons. The molecule has 0 aliphatic carbocycles. The number of aromatic nitrogens is 6. The van der Waals surface area contributed by atoms with Crippen LogP contribution in [0.2, 0.25) is 0 Å². The number of ether oxygens (including phenoxy) is 1. The molecule has 150 valence electrons. The number of nitrogens with zero attached hydrogens (tertiary/aromatic N) is 6. The van der Waals surface area contributed by atoms with Crippen LogP contribution in [0.4, 0.5) is 0 Å². The summed E-state index contributed by atoms with van der Waals surface area (Å²) >= 11 is 1.60. The fraction of sp³-hybridized carbons (Fsp3) is 0.182. The Morgan fingerprint density at radius 1 is 1.03 bits per heavy atom. The van der Waals surface area contributed by atoms with E-state index in [4.69, 9.17) is 14.7 Å². The number of rotatable bonds is 5. The van der Waals surface area contributed by atoms with Gasteiger partial charge in [0.25, 0.3) is 0 Å². The van der Waals surface area contributed by atoms with E-state index in [1.54, 1.807) is 18.9 Å². The zero-order chi connectivity index (χ0) is 20.7. The van der Waals surface area contributed by atoms with Crippen molar-refractivity contribution in [3.8, 4) is 17.0 Å². The third-order valence-corrected chi connectivity index (χ3v) is 5.85. The van der Waals surface area contributed by atoms with Gasteiger partial charge in [-0.05, 0) is 31.2 Å². The molecule has 0 saturated heterocycles. The van der Waals surface area contributed by atoms with Crippen LogP contribution in [0.3, 0.4) is 0 Å². The molecule has 0 unspecified atom stereocenters. The van der Waals surface area contributed by atoms with Gasteiger partial charge in [0, 0.05) is 24.2 Å². The van der Waals surface area contributed by atoms with E-state index >= 15 is 0 Å². The SMILES string of the molecule is COc1cccc(-c2cn(C)c(CSc3nc4ccccc4c4nc(C)nn34)n2)c1. The lowest BCUT2D eigenvalue weighted by molar-refractivity contribution is 0.415. The van der Waals surface area contributed by atoms with Gasteiger partial charge < -0.3 is 9.30 Å². The quantitative estimate of drug-likeness (QED) is 0.314. The van der Waals surface area contributed by atoms with Gasteiger partial charge in [-0.3, -0.25) is 0 Å². The minimum Gasteiger partial charge on any atom is -0.497 e. The van der Waals surface area contributed by atoms with Gasteiger partial charge in [-0.1, -0.05) is 36.0 Å². The first-order valence-corrected chi connectivity index (χ1v) is 10.5. The zero-order valence-corrected chi connectivity index (χ0v) is 17.7. The van der Waals surface area contributed by atoms with E-state index < -0.39 is 0 Å². The Bertz CT molecular complexity index is 1370. The van der Waals surface area contributed by atoms with Crippen molar-refractivity contribution in [1.82, 2.24) is 29.1 Å². The van der Waals surface area contributed by atoms with E-state index in [0.717, 1.165) is 50.4 Å². The molecule has 5 aromatic rings. The Balaban J connectivity index is 1.47. The zero-order valence-electron chi connectivity index (χ0n) is 16.9. The smallest absolute Gasteiger partial charge is 0.191 e. The number of benzene rings is 2. The van der Waals surface area contributed by atoms with Crippen LogP contribution in [0.1, 0.15) is 11.6 Å². The number of methoxy groups -OCH3 is 1. The monoisotopic (exact) mass is 416 g/mol. The molecular formula is C22H20N6OS. The Hall–Kier alpha value is -3.39. The van der Waals surface area contributed by atoms with Gasteiger partial charge in [0.05, 0.1) is 24.1 Å². The minimum absolute atomic E-state index is 0.666. The average Bonchev–Trinajstić information content (AvgIpc) is 3.34. The minimum atomic E-state index is 0.666. The van der Waals surface area contributed by atoms with Gasteiger partial charge in [-0.15, -0.1) is 5.10 Å². The molecule has 7 nitrogen and oxygen atoms in total. The number of imidazole rings is 1. The summed E-state index contributed by atoms with van der Waals surface area (Å²) < 4.78 is 9.21. The topological polar surface area (TPSA) is 70.1 Å². The van der Waals surface area contributed by atoms with E-state index in [1.165, 1.54) is 0 Å². The molecule has 0 spiro atoms. The van der Waals surface area contributed by atoms with E-state index in [0.29, 0.717) is 5.75 Å². The molecule has 30 heavy (non-hydrogen) atoms. The molecule has 0 atom stereocenters. The summed E-state index contributed by atoms with van der Waals surface area (Å²) in [6.07, 6.45) is 2.04. The van der Waals surface area contributed by atoms with Crippen molar-refractivity contribution in [1.29, 1.82) is 0 Å². The fourth-order valence-electron chi connectivity index (χ4n) is 3.42. The standard InChI is InChI=1S/C22H20N6OS/c1-14-23-21-17-9-4-5-10-18(17)25-22(28(21)26-14)30-13-20-24-19(12-27(20)2)15-7-6-8-16(11-15)29-3/h4-12H,13H2,1-3H3. The first kappa shape index (κ1) is 18.6. The maximum absolute atomic E-state index is 5.33. The number of thioether (sulfide) groups is 1. The fourth-order valence-corrected chi connectivity index (χ4v) is 4.36. The van der Waals surface area contributed by atoms with Crippen molar-refractivity contribution in [3.05, 3.63) is 66.4 Å². The summed E-state index contributed by atoms with van der Waals surface area (Å²) in [7, 11) is 3.68. The summed E-state index contributed by atoms with van der Waals surface area (Å²) in [5.74, 6) is 3.17. The molecule has 5 rings (SSSR count).